The van der Waals surface area contributed by atoms with Gasteiger partial charge in [-0.05, 0) is 90.6 Å². The molecular weight excluding hydrogens is 528 g/mol. The molecule has 0 saturated heterocycles. The van der Waals surface area contributed by atoms with Gasteiger partial charge in [0.05, 0.1) is 17.3 Å². The first-order valence-corrected chi connectivity index (χ1v) is 15.0. The molecule has 1 aliphatic heterocycles. The third-order valence-electron chi connectivity index (χ3n) is 7.06. The average molecular weight is 575 g/mol. The van der Waals surface area contributed by atoms with Gasteiger partial charge in [-0.3, -0.25) is 14.8 Å². The number of carbonyl (C=O) groups excluding carboxylic acids is 2. The zero-order valence-electron chi connectivity index (χ0n) is 26.0. The maximum Gasteiger partial charge on any atom is 0.410 e. The highest BCUT2D eigenvalue weighted by atomic mass is 16.6. The van der Waals surface area contributed by atoms with Crippen molar-refractivity contribution in [2.24, 2.45) is 0 Å². The lowest BCUT2D eigenvalue weighted by molar-refractivity contribution is 0.00708. The largest absolute Gasteiger partial charge is 0.444 e. The lowest BCUT2D eigenvalue weighted by Crippen LogP contribution is -2.51. The Balaban J connectivity index is 1.49. The summed E-state index contributed by atoms with van der Waals surface area (Å²) in [7, 11) is 0. The molecule has 0 bridgehead atoms. The molecule has 4 rings (SSSR count). The van der Waals surface area contributed by atoms with Crippen LogP contribution >= 0.6 is 0 Å². The minimum absolute atomic E-state index is 0.0462. The molecule has 42 heavy (non-hydrogen) atoms. The topological polar surface area (TPSA) is 84.0 Å². The highest BCUT2D eigenvalue weighted by Gasteiger charge is 2.34. The number of unbranched alkanes of at least 4 members (excludes halogenated alkanes) is 1. The summed E-state index contributed by atoms with van der Waals surface area (Å²) < 4.78 is 11.2. The number of carbonyl (C=O) groups is 2. The van der Waals surface area contributed by atoms with E-state index in [1.807, 2.05) is 70.7 Å². The molecule has 1 aromatic heterocycles. The number of pyridine rings is 1. The van der Waals surface area contributed by atoms with Crippen LogP contribution in [0.1, 0.15) is 71.2 Å². The molecule has 1 N–H and O–H groups in total. The van der Waals surface area contributed by atoms with Gasteiger partial charge in [-0.1, -0.05) is 48.5 Å². The summed E-state index contributed by atoms with van der Waals surface area (Å²) >= 11 is 0. The van der Waals surface area contributed by atoms with E-state index in [-0.39, 0.29) is 12.1 Å². The first-order valence-electron chi connectivity index (χ1n) is 15.0. The summed E-state index contributed by atoms with van der Waals surface area (Å²) in [6.07, 6.45) is 1.77. The van der Waals surface area contributed by atoms with E-state index in [1.54, 1.807) is 0 Å². The van der Waals surface area contributed by atoms with Crippen LogP contribution in [-0.4, -0.2) is 63.8 Å². The predicted molar refractivity (Wildman–Crippen MR) is 166 cm³/mol. The van der Waals surface area contributed by atoms with Crippen LogP contribution in [0.25, 0.3) is 10.9 Å². The number of nitrogens with zero attached hydrogens (tertiary/aromatic N) is 3. The van der Waals surface area contributed by atoms with Crippen molar-refractivity contribution in [3.8, 4) is 0 Å². The zero-order valence-corrected chi connectivity index (χ0v) is 26.0. The third-order valence-corrected chi connectivity index (χ3v) is 7.06. The predicted octanol–water partition coefficient (Wildman–Crippen LogP) is 6.70. The number of alkyl carbamates (subject to hydrolysis) is 1. The van der Waals surface area contributed by atoms with Crippen LogP contribution in [0.15, 0.2) is 60.7 Å². The van der Waals surface area contributed by atoms with Crippen LogP contribution in [0.4, 0.5) is 9.59 Å². The summed E-state index contributed by atoms with van der Waals surface area (Å²) in [6, 6.07) is 20.6. The van der Waals surface area contributed by atoms with Crippen molar-refractivity contribution in [2.45, 2.75) is 91.1 Å². The molecule has 226 valence electrons. The zero-order chi connectivity index (χ0) is 30.3. The SMILES string of the molecule is CC(C)(C)OC(=O)NCCCCN(Cc1ccc2ccccc2n1)CC1Cc2ccccc2CN1C(=O)OC(C)(C)C. The van der Waals surface area contributed by atoms with Gasteiger partial charge < -0.3 is 14.8 Å². The van der Waals surface area contributed by atoms with E-state index in [2.05, 4.69) is 46.6 Å². The molecule has 8 nitrogen and oxygen atoms in total. The Morgan fingerprint density at radius 3 is 2.33 bits per heavy atom. The fraction of sp³-hybridized carbons (Fsp3) is 0.500. The third kappa shape index (κ3) is 9.44. The van der Waals surface area contributed by atoms with Crippen LogP contribution in [0.5, 0.6) is 0 Å². The Morgan fingerprint density at radius 1 is 0.905 bits per heavy atom. The van der Waals surface area contributed by atoms with E-state index >= 15 is 0 Å². The van der Waals surface area contributed by atoms with Crippen molar-refractivity contribution >= 4 is 23.1 Å². The molecular formula is C34H46N4O4. The molecule has 2 amide bonds. The molecule has 2 aromatic carbocycles. The number of amides is 2. The number of hydrogen-bond donors (Lipinski definition) is 1. The van der Waals surface area contributed by atoms with Crippen LogP contribution in [0, 0.1) is 0 Å². The molecule has 1 atom stereocenters. The fourth-order valence-electron chi connectivity index (χ4n) is 5.21. The molecule has 0 fully saturated rings. The molecule has 3 aromatic rings. The van der Waals surface area contributed by atoms with Crippen LogP contribution in [0.3, 0.4) is 0 Å². The van der Waals surface area contributed by atoms with E-state index in [1.165, 1.54) is 5.56 Å². The van der Waals surface area contributed by atoms with Gasteiger partial charge in [-0.15, -0.1) is 0 Å². The average Bonchev–Trinajstić information content (AvgIpc) is 2.90. The second kappa shape index (κ2) is 13.6. The van der Waals surface area contributed by atoms with Gasteiger partial charge >= 0.3 is 12.2 Å². The van der Waals surface area contributed by atoms with E-state index in [0.29, 0.717) is 26.2 Å². The molecule has 0 saturated carbocycles. The number of nitrogens with one attached hydrogen (secondary N) is 1. The van der Waals surface area contributed by atoms with E-state index in [9.17, 15) is 9.59 Å². The maximum absolute atomic E-state index is 13.4. The number of benzene rings is 2. The Kier molecular flexibility index (Phi) is 10.1. The van der Waals surface area contributed by atoms with Crippen molar-refractivity contribution in [3.05, 3.63) is 77.5 Å². The van der Waals surface area contributed by atoms with Gasteiger partial charge in [0.1, 0.15) is 11.2 Å². The van der Waals surface area contributed by atoms with Gasteiger partial charge in [0.2, 0.25) is 0 Å². The van der Waals surface area contributed by atoms with Gasteiger partial charge in [0.15, 0.2) is 0 Å². The summed E-state index contributed by atoms with van der Waals surface area (Å²) in [6.45, 7) is 14.5. The maximum atomic E-state index is 13.4. The first-order chi connectivity index (χ1) is 19.9. The van der Waals surface area contributed by atoms with Gasteiger partial charge in [0, 0.05) is 31.6 Å². The van der Waals surface area contributed by atoms with Crippen LogP contribution in [-0.2, 0) is 29.0 Å². The number of rotatable bonds is 9. The molecule has 0 aliphatic carbocycles. The van der Waals surface area contributed by atoms with Crippen molar-refractivity contribution in [1.82, 2.24) is 20.1 Å². The van der Waals surface area contributed by atoms with Crippen LogP contribution in [0.2, 0.25) is 0 Å². The lowest BCUT2D eigenvalue weighted by atomic mass is 9.94. The summed E-state index contributed by atoms with van der Waals surface area (Å²) in [5, 5.41) is 3.97. The van der Waals surface area contributed by atoms with Gasteiger partial charge in [-0.25, -0.2) is 9.59 Å². The van der Waals surface area contributed by atoms with Crippen molar-refractivity contribution in [1.29, 1.82) is 0 Å². The molecule has 1 unspecified atom stereocenters. The molecule has 0 radical (unpaired) electrons. The van der Waals surface area contributed by atoms with Gasteiger partial charge in [0.25, 0.3) is 0 Å². The Hall–Kier alpha value is -3.65. The number of para-hydroxylation sites is 1. The number of hydrogen-bond acceptors (Lipinski definition) is 6. The normalized spacial score (nSPS) is 15.4. The smallest absolute Gasteiger partial charge is 0.410 e. The second-order valence-electron chi connectivity index (χ2n) is 13.1. The highest BCUT2D eigenvalue weighted by Crippen LogP contribution is 2.26. The molecule has 2 heterocycles. The second-order valence-corrected chi connectivity index (χ2v) is 13.1. The minimum atomic E-state index is -0.575. The summed E-state index contributed by atoms with van der Waals surface area (Å²) in [5.74, 6) is 0. The molecule has 1 aliphatic rings. The quantitative estimate of drug-likeness (QED) is 0.286. The fourth-order valence-corrected chi connectivity index (χ4v) is 5.21. The van der Waals surface area contributed by atoms with E-state index < -0.39 is 17.3 Å². The van der Waals surface area contributed by atoms with Crippen LogP contribution < -0.4 is 5.32 Å². The summed E-state index contributed by atoms with van der Waals surface area (Å²) in [4.78, 5) is 34.7. The molecule has 8 heteroatoms. The first kappa shape index (κ1) is 31.3. The standard InChI is InChI=1S/C34H46N4O4/c1-33(2,3)41-31(39)35-19-11-12-20-37(23-28-18-17-25-13-9-10-16-30(25)36-28)24-29-21-26-14-7-8-15-27(26)22-38(29)32(40)42-34(4,5)6/h7-10,13-18,29H,11-12,19-24H2,1-6H3,(H,35,39). The minimum Gasteiger partial charge on any atom is -0.444 e. The van der Waals surface area contributed by atoms with Gasteiger partial charge in [-0.2, -0.15) is 0 Å². The lowest BCUT2D eigenvalue weighted by Gasteiger charge is -2.40. The van der Waals surface area contributed by atoms with E-state index in [0.717, 1.165) is 48.0 Å². The Labute approximate surface area is 250 Å². The highest BCUT2D eigenvalue weighted by molar-refractivity contribution is 5.78. The van der Waals surface area contributed by atoms with E-state index in [4.69, 9.17) is 14.5 Å². The Bertz CT molecular complexity index is 1360. The Morgan fingerprint density at radius 2 is 1.60 bits per heavy atom. The number of ether oxygens (including phenoxy) is 2. The van der Waals surface area contributed by atoms with Crippen molar-refractivity contribution < 1.29 is 19.1 Å². The number of fused-ring (bicyclic) bond motifs is 2. The number of aromatic nitrogens is 1. The monoisotopic (exact) mass is 574 g/mol. The summed E-state index contributed by atoms with van der Waals surface area (Å²) in [5.41, 5.74) is 3.29. The van der Waals surface area contributed by atoms with Crippen molar-refractivity contribution in [2.75, 3.05) is 19.6 Å². The van der Waals surface area contributed by atoms with Crippen molar-refractivity contribution in [3.63, 3.8) is 0 Å². The molecule has 0 spiro atoms.